The summed E-state index contributed by atoms with van der Waals surface area (Å²) in [6.45, 7) is 7.86. The van der Waals surface area contributed by atoms with Gasteiger partial charge in [-0.05, 0) is 6.42 Å². The lowest BCUT2D eigenvalue weighted by molar-refractivity contribution is -0.121. The van der Waals surface area contributed by atoms with E-state index in [9.17, 15) is 4.79 Å². The average Bonchev–Trinajstić information content (AvgIpc) is 2.04. The molecule has 0 aliphatic heterocycles. The molecule has 0 unspecified atom stereocenters. The van der Waals surface area contributed by atoms with Crippen LogP contribution in [-0.2, 0) is 4.79 Å². The molecular weight excluding hydrogens is 164 g/mol. The Morgan fingerprint density at radius 1 is 1.31 bits per heavy atom. The number of rotatable bonds is 7. The van der Waals surface area contributed by atoms with E-state index in [2.05, 4.69) is 31.4 Å². The summed E-state index contributed by atoms with van der Waals surface area (Å²) < 4.78 is 0. The second-order valence-corrected chi connectivity index (χ2v) is 3.56. The van der Waals surface area contributed by atoms with E-state index >= 15 is 0 Å². The normalized spacial score (nSPS) is 10.5. The van der Waals surface area contributed by atoms with E-state index in [0.717, 1.165) is 25.9 Å². The molecule has 0 aromatic rings. The molecule has 0 heterocycles. The molecule has 13 heavy (non-hydrogen) atoms. The predicted octanol–water partition coefficient (Wildman–Crippen LogP) is 1.29. The number of nitrogens with one attached hydrogen (secondary N) is 2. The van der Waals surface area contributed by atoms with E-state index in [1.165, 1.54) is 0 Å². The molecule has 0 saturated heterocycles. The van der Waals surface area contributed by atoms with E-state index in [4.69, 9.17) is 0 Å². The summed E-state index contributed by atoms with van der Waals surface area (Å²) in [5.41, 5.74) is 0. The summed E-state index contributed by atoms with van der Waals surface area (Å²) in [6.07, 6.45) is 2.79. The second-order valence-electron chi connectivity index (χ2n) is 3.56. The first-order valence-corrected chi connectivity index (χ1v) is 5.17. The highest BCUT2D eigenvalue weighted by Crippen LogP contribution is 1.85. The highest BCUT2D eigenvalue weighted by atomic mass is 16.1. The molecule has 78 valence electrons. The number of hydrogen-bond acceptors (Lipinski definition) is 2. The van der Waals surface area contributed by atoms with Gasteiger partial charge in [0.1, 0.15) is 0 Å². The summed E-state index contributed by atoms with van der Waals surface area (Å²) in [7, 11) is 0. The maximum atomic E-state index is 11.1. The fraction of sp³-hybridized carbons (Fsp3) is 0.900. The first kappa shape index (κ1) is 12.4. The van der Waals surface area contributed by atoms with Gasteiger partial charge in [0.2, 0.25) is 5.91 Å². The third-order valence-electron chi connectivity index (χ3n) is 1.76. The van der Waals surface area contributed by atoms with Crippen molar-refractivity contribution in [3.8, 4) is 0 Å². The van der Waals surface area contributed by atoms with Gasteiger partial charge >= 0.3 is 0 Å². The lowest BCUT2D eigenvalue weighted by Gasteiger charge is -2.07. The Morgan fingerprint density at radius 2 is 2.00 bits per heavy atom. The standard InChI is InChI=1S/C10H22N2O/c1-4-5-7-12-10(13)6-8-11-9(2)3/h9,11H,4-8H2,1-3H3,(H,12,13). The zero-order chi connectivity index (χ0) is 10.1. The van der Waals surface area contributed by atoms with E-state index in [1.54, 1.807) is 0 Å². The molecule has 3 nitrogen and oxygen atoms in total. The van der Waals surface area contributed by atoms with E-state index < -0.39 is 0 Å². The van der Waals surface area contributed by atoms with Crippen molar-refractivity contribution in [1.29, 1.82) is 0 Å². The molecule has 3 heteroatoms. The van der Waals surface area contributed by atoms with Gasteiger partial charge in [-0.1, -0.05) is 27.2 Å². The average molecular weight is 186 g/mol. The molecule has 0 spiro atoms. The maximum absolute atomic E-state index is 11.1. The van der Waals surface area contributed by atoms with Crippen LogP contribution in [0.5, 0.6) is 0 Å². The summed E-state index contributed by atoms with van der Waals surface area (Å²) in [6, 6.07) is 0.462. The fourth-order valence-electron chi connectivity index (χ4n) is 0.967. The Morgan fingerprint density at radius 3 is 2.54 bits per heavy atom. The molecule has 0 saturated carbocycles. The SMILES string of the molecule is CCCCNC(=O)CCNC(C)C. The van der Waals surface area contributed by atoms with Crippen molar-refractivity contribution in [2.75, 3.05) is 13.1 Å². The van der Waals surface area contributed by atoms with E-state index in [1.807, 2.05) is 0 Å². The van der Waals surface area contributed by atoms with Crippen molar-refractivity contribution in [2.45, 2.75) is 46.1 Å². The van der Waals surface area contributed by atoms with Crippen LogP contribution in [0.1, 0.15) is 40.0 Å². The van der Waals surface area contributed by atoms with Crippen LogP contribution in [0.4, 0.5) is 0 Å². The fourth-order valence-corrected chi connectivity index (χ4v) is 0.967. The number of unbranched alkanes of at least 4 members (excludes halogenated alkanes) is 1. The third kappa shape index (κ3) is 9.34. The summed E-state index contributed by atoms with van der Waals surface area (Å²) >= 11 is 0. The first-order chi connectivity index (χ1) is 6.16. The molecule has 0 aliphatic rings. The topological polar surface area (TPSA) is 41.1 Å². The van der Waals surface area contributed by atoms with Crippen molar-refractivity contribution in [3.63, 3.8) is 0 Å². The zero-order valence-electron chi connectivity index (χ0n) is 9.02. The van der Waals surface area contributed by atoms with Crippen LogP contribution in [0.25, 0.3) is 0 Å². The number of amides is 1. The third-order valence-corrected chi connectivity index (χ3v) is 1.76. The minimum atomic E-state index is 0.154. The highest BCUT2D eigenvalue weighted by molar-refractivity contribution is 5.75. The molecule has 0 fully saturated rings. The van der Waals surface area contributed by atoms with E-state index in [0.29, 0.717) is 12.5 Å². The van der Waals surface area contributed by atoms with Crippen molar-refractivity contribution >= 4 is 5.91 Å². The lowest BCUT2D eigenvalue weighted by Crippen LogP contribution is -2.30. The Hall–Kier alpha value is -0.570. The minimum Gasteiger partial charge on any atom is -0.356 e. The molecule has 0 aliphatic carbocycles. The quantitative estimate of drug-likeness (QED) is 0.588. The molecule has 0 atom stereocenters. The minimum absolute atomic E-state index is 0.154. The van der Waals surface area contributed by atoms with Crippen molar-refractivity contribution in [3.05, 3.63) is 0 Å². The highest BCUT2D eigenvalue weighted by Gasteiger charge is 1.99. The molecule has 0 bridgehead atoms. The smallest absolute Gasteiger partial charge is 0.221 e. The van der Waals surface area contributed by atoms with Crippen LogP contribution >= 0.6 is 0 Å². The molecule has 0 radical (unpaired) electrons. The van der Waals surface area contributed by atoms with Crippen LogP contribution in [0, 0.1) is 0 Å². The van der Waals surface area contributed by atoms with Gasteiger partial charge in [0.05, 0.1) is 0 Å². The van der Waals surface area contributed by atoms with Gasteiger partial charge in [-0.2, -0.15) is 0 Å². The van der Waals surface area contributed by atoms with Gasteiger partial charge in [0, 0.05) is 25.6 Å². The summed E-state index contributed by atoms with van der Waals surface area (Å²) in [5, 5.41) is 6.08. The monoisotopic (exact) mass is 186 g/mol. The molecule has 0 aromatic carbocycles. The first-order valence-electron chi connectivity index (χ1n) is 5.17. The molecule has 1 amide bonds. The summed E-state index contributed by atoms with van der Waals surface area (Å²) in [4.78, 5) is 11.1. The van der Waals surface area contributed by atoms with Crippen LogP contribution < -0.4 is 10.6 Å². The van der Waals surface area contributed by atoms with Crippen LogP contribution in [0.15, 0.2) is 0 Å². The second kappa shape index (κ2) is 8.05. The molecule has 0 rings (SSSR count). The largest absolute Gasteiger partial charge is 0.356 e. The van der Waals surface area contributed by atoms with Crippen LogP contribution in [0.3, 0.4) is 0 Å². The van der Waals surface area contributed by atoms with Gasteiger partial charge in [0.15, 0.2) is 0 Å². The number of hydrogen-bond donors (Lipinski definition) is 2. The Kier molecular flexibility index (Phi) is 7.69. The number of carbonyl (C=O) groups is 1. The van der Waals surface area contributed by atoms with Gasteiger partial charge in [-0.3, -0.25) is 4.79 Å². The van der Waals surface area contributed by atoms with Crippen molar-refractivity contribution in [2.24, 2.45) is 0 Å². The molecular formula is C10H22N2O. The molecule has 2 N–H and O–H groups in total. The van der Waals surface area contributed by atoms with Crippen LogP contribution in [0.2, 0.25) is 0 Å². The lowest BCUT2D eigenvalue weighted by atomic mass is 10.3. The summed E-state index contributed by atoms with van der Waals surface area (Å²) in [5.74, 6) is 0.154. The molecule has 0 aromatic heterocycles. The Balaban J connectivity index is 3.20. The van der Waals surface area contributed by atoms with Crippen molar-refractivity contribution < 1.29 is 4.79 Å². The van der Waals surface area contributed by atoms with Gasteiger partial charge < -0.3 is 10.6 Å². The van der Waals surface area contributed by atoms with Crippen molar-refractivity contribution in [1.82, 2.24) is 10.6 Å². The van der Waals surface area contributed by atoms with Crippen LogP contribution in [-0.4, -0.2) is 25.0 Å². The predicted molar refractivity (Wildman–Crippen MR) is 55.7 cm³/mol. The maximum Gasteiger partial charge on any atom is 0.221 e. The Labute approximate surface area is 81.3 Å². The van der Waals surface area contributed by atoms with Gasteiger partial charge in [-0.15, -0.1) is 0 Å². The number of carbonyl (C=O) groups excluding carboxylic acids is 1. The van der Waals surface area contributed by atoms with Gasteiger partial charge in [0.25, 0.3) is 0 Å². The van der Waals surface area contributed by atoms with E-state index in [-0.39, 0.29) is 5.91 Å². The zero-order valence-corrected chi connectivity index (χ0v) is 9.02. The van der Waals surface area contributed by atoms with Gasteiger partial charge in [-0.25, -0.2) is 0 Å². The Bertz CT molecular complexity index is 135.